The van der Waals surface area contributed by atoms with Crippen molar-refractivity contribution in [2.45, 2.75) is 34.6 Å². The van der Waals surface area contributed by atoms with Crippen molar-refractivity contribution in [1.29, 1.82) is 0 Å². The van der Waals surface area contributed by atoms with Gasteiger partial charge in [-0.25, -0.2) is 9.97 Å². The van der Waals surface area contributed by atoms with Gasteiger partial charge in [0.15, 0.2) is 0 Å². The van der Waals surface area contributed by atoms with Crippen molar-refractivity contribution < 1.29 is 4.79 Å². The fraction of sp³-hybridized carbons (Fsp3) is 0.450. The lowest BCUT2D eigenvalue weighted by atomic mass is 10.1. The zero-order valence-corrected chi connectivity index (χ0v) is 16.3. The predicted octanol–water partition coefficient (Wildman–Crippen LogP) is 3.76. The van der Waals surface area contributed by atoms with Crippen molar-refractivity contribution in [2.75, 3.05) is 29.9 Å². The van der Waals surface area contributed by atoms with Crippen LogP contribution in [0.5, 0.6) is 0 Å². The van der Waals surface area contributed by atoms with E-state index in [0.29, 0.717) is 24.1 Å². The number of amides is 1. The molecule has 2 rings (SSSR count). The molecule has 1 amide bonds. The number of anilines is 3. The van der Waals surface area contributed by atoms with Crippen LogP contribution in [0.3, 0.4) is 0 Å². The first kappa shape index (κ1) is 19.7. The highest BCUT2D eigenvalue weighted by molar-refractivity contribution is 5.92. The second-order valence-electron chi connectivity index (χ2n) is 6.67. The molecule has 0 fully saturated rings. The quantitative estimate of drug-likeness (QED) is 0.754. The summed E-state index contributed by atoms with van der Waals surface area (Å²) in [5, 5.41) is 6.08. The molecular weight excluding hydrogens is 326 g/mol. The van der Waals surface area contributed by atoms with Crippen LogP contribution in [0.25, 0.3) is 0 Å². The van der Waals surface area contributed by atoms with Crippen molar-refractivity contribution in [3.8, 4) is 0 Å². The van der Waals surface area contributed by atoms with E-state index in [1.54, 1.807) is 12.3 Å². The highest BCUT2D eigenvalue weighted by Gasteiger charge is 2.10. The number of hydrogen-bond acceptors (Lipinski definition) is 5. The van der Waals surface area contributed by atoms with Crippen molar-refractivity contribution in [1.82, 2.24) is 15.3 Å². The van der Waals surface area contributed by atoms with Gasteiger partial charge in [0.05, 0.1) is 0 Å². The average molecular weight is 355 g/mol. The predicted molar refractivity (Wildman–Crippen MR) is 107 cm³/mol. The summed E-state index contributed by atoms with van der Waals surface area (Å²) in [6, 6.07) is 7.88. The normalized spacial score (nSPS) is 10.7. The lowest BCUT2D eigenvalue weighted by molar-refractivity contribution is 0.0944. The van der Waals surface area contributed by atoms with E-state index in [9.17, 15) is 4.79 Å². The van der Waals surface area contributed by atoms with Crippen LogP contribution in [0, 0.1) is 12.8 Å². The first-order valence-corrected chi connectivity index (χ1v) is 9.18. The second kappa shape index (κ2) is 9.17. The summed E-state index contributed by atoms with van der Waals surface area (Å²) < 4.78 is 0. The van der Waals surface area contributed by atoms with Crippen LogP contribution in [0.15, 0.2) is 30.5 Å². The lowest BCUT2D eigenvalue weighted by Crippen LogP contribution is -2.28. The van der Waals surface area contributed by atoms with Gasteiger partial charge in [0.25, 0.3) is 5.91 Å². The maximum Gasteiger partial charge on any atom is 0.270 e. The molecule has 26 heavy (non-hydrogen) atoms. The number of benzene rings is 1. The van der Waals surface area contributed by atoms with Gasteiger partial charge in [-0.15, -0.1) is 0 Å². The van der Waals surface area contributed by atoms with E-state index in [0.717, 1.165) is 24.3 Å². The number of aromatic nitrogens is 2. The summed E-state index contributed by atoms with van der Waals surface area (Å²) in [6.45, 7) is 13.0. The van der Waals surface area contributed by atoms with Gasteiger partial charge in [0.1, 0.15) is 5.69 Å². The second-order valence-corrected chi connectivity index (χ2v) is 6.67. The summed E-state index contributed by atoms with van der Waals surface area (Å²) >= 11 is 0. The van der Waals surface area contributed by atoms with Gasteiger partial charge in [0.2, 0.25) is 5.95 Å². The van der Waals surface area contributed by atoms with Crippen LogP contribution in [0.4, 0.5) is 17.3 Å². The molecular formula is C20H29N5O. The Labute approximate surface area is 156 Å². The molecule has 6 nitrogen and oxygen atoms in total. The molecule has 2 N–H and O–H groups in total. The Morgan fingerprint density at radius 3 is 2.54 bits per heavy atom. The van der Waals surface area contributed by atoms with Crippen molar-refractivity contribution >= 4 is 23.2 Å². The maximum atomic E-state index is 12.2. The zero-order chi connectivity index (χ0) is 19.1. The fourth-order valence-electron chi connectivity index (χ4n) is 2.63. The van der Waals surface area contributed by atoms with E-state index in [-0.39, 0.29) is 5.91 Å². The molecule has 0 radical (unpaired) electrons. The Hall–Kier alpha value is -2.63. The standard InChI is InChI=1S/C20H29N5O/c1-6-25(7-2)16-8-9-17(15(5)12-16)23-20-21-11-10-18(24-20)19(26)22-13-14(3)4/h8-12,14H,6-7,13H2,1-5H3,(H,22,26)(H,21,23,24). The number of aryl methyl sites for hydroxylation is 1. The van der Waals surface area contributed by atoms with Gasteiger partial charge >= 0.3 is 0 Å². The van der Waals surface area contributed by atoms with Crippen LogP contribution >= 0.6 is 0 Å². The van der Waals surface area contributed by atoms with E-state index < -0.39 is 0 Å². The Morgan fingerprint density at radius 1 is 1.19 bits per heavy atom. The van der Waals surface area contributed by atoms with E-state index in [1.807, 2.05) is 6.07 Å². The first-order chi connectivity index (χ1) is 12.4. The van der Waals surface area contributed by atoms with Crippen molar-refractivity contribution in [2.24, 2.45) is 5.92 Å². The SMILES string of the molecule is CCN(CC)c1ccc(Nc2nccc(C(=O)NCC(C)C)n2)c(C)c1. The molecule has 0 aliphatic rings. The molecule has 0 atom stereocenters. The van der Waals surface area contributed by atoms with E-state index >= 15 is 0 Å². The topological polar surface area (TPSA) is 70.2 Å². The third-order valence-electron chi connectivity index (χ3n) is 4.14. The minimum atomic E-state index is -0.183. The first-order valence-electron chi connectivity index (χ1n) is 9.18. The molecule has 0 aliphatic carbocycles. The Balaban J connectivity index is 2.13. The van der Waals surface area contributed by atoms with Gasteiger partial charge in [-0.05, 0) is 56.5 Å². The number of nitrogens with zero attached hydrogens (tertiary/aromatic N) is 3. The minimum absolute atomic E-state index is 0.183. The van der Waals surface area contributed by atoms with Crippen LogP contribution in [0.2, 0.25) is 0 Å². The zero-order valence-electron chi connectivity index (χ0n) is 16.3. The average Bonchev–Trinajstić information content (AvgIpc) is 2.63. The van der Waals surface area contributed by atoms with Gasteiger partial charge < -0.3 is 15.5 Å². The lowest BCUT2D eigenvalue weighted by Gasteiger charge is -2.22. The molecule has 140 valence electrons. The number of hydrogen-bond donors (Lipinski definition) is 2. The monoisotopic (exact) mass is 355 g/mol. The fourth-order valence-corrected chi connectivity index (χ4v) is 2.63. The van der Waals surface area contributed by atoms with Crippen molar-refractivity contribution in [3.63, 3.8) is 0 Å². The molecule has 0 saturated heterocycles. The summed E-state index contributed by atoms with van der Waals surface area (Å²) in [7, 11) is 0. The van der Waals surface area contributed by atoms with E-state index in [4.69, 9.17) is 0 Å². The number of carbonyl (C=O) groups excluding carboxylic acids is 1. The molecule has 0 spiro atoms. The largest absolute Gasteiger partial charge is 0.372 e. The highest BCUT2D eigenvalue weighted by Crippen LogP contribution is 2.24. The van der Waals surface area contributed by atoms with Gasteiger partial charge in [0, 0.05) is 37.2 Å². The number of nitrogens with one attached hydrogen (secondary N) is 2. The van der Waals surface area contributed by atoms with Crippen LogP contribution in [-0.4, -0.2) is 35.5 Å². The summed E-state index contributed by atoms with van der Waals surface area (Å²) in [5.41, 5.74) is 3.59. The molecule has 0 unspecified atom stereocenters. The van der Waals surface area contributed by atoms with E-state index in [1.165, 1.54) is 5.69 Å². The van der Waals surface area contributed by atoms with Crippen molar-refractivity contribution in [3.05, 3.63) is 41.7 Å². The van der Waals surface area contributed by atoms with Gasteiger partial charge in [-0.3, -0.25) is 4.79 Å². The van der Waals surface area contributed by atoms with Crippen LogP contribution in [0.1, 0.15) is 43.7 Å². The Kier molecular flexibility index (Phi) is 6.95. The van der Waals surface area contributed by atoms with Gasteiger partial charge in [-0.1, -0.05) is 13.8 Å². The third kappa shape index (κ3) is 5.18. The molecule has 0 aliphatic heterocycles. The molecule has 1 heterocycles. The smallest absolute Gasteiger partial charge is 0.270 e. The number of carbonyl (C=O) groups is 1. The molecule has 6 heteroatoms. The minimum Gasteiger partial charge on any atom is -0.372 e. The molecule has 0 bridgehead atoms. The summed E-state index contributed by atoms with van der Waals surface area (Å²) in [5.74, 6) is 0.629. The molecule has 0 saturated carbocycles. The maximum absolute atomic E-state index is 12.2. The Bertz CT molecular complexity index is 741. The molecule has 1 aromatic carbocycles. The highest BCUT2D eigenvalue weighted by atomic mass is 16.1. The number of rotatable bonds is 8. The summed E-state index contributed by atoms with van der Waals surface area (Å²) in [6.07, 6.45) is 1.60. The molecule has 1 aromatic heterocycles. The molecule has 2 aromatic rings. The van der Waals surface area contributed by atoms with Crippen LogP contribution < -0.4 is 15.5 Å². The Morgan fingerprint density at radius 2 is 1.92 bits per heavy atom. The summed E-state index contributed by atoms with van der Waals surface area (Å²) in [4.78, 5) is 23.0. The van der Waals surface area contributed by atoms with Gasteiger partial charge in [-0.2, -0.15) is 0 Å². The van der Waals surface area contributed by atoms with Crippen LogP contribution in [-0.2, 0) is 0 Å². The third-order valence-corrected chi connectivity index (χ3v) is 4.14. The van der Waals surface area contributed by atoms with E-state index in [2.05, 4.69) is 72.3 Å².